The summed E-state index contributed by atoms with van der Waals surface area (Å²) in [5, 5.41) is 34.5. The van der Waals surface area contributed by atoms with Crippen molar-refractivity contribution in [2.45, 2.75) is 6.61 Å². The number of H-pyrrole nitrogens is 1. The molecule has 9 nitrogen and oxygen atoms in total. The van der Waals surface area contributed by atoms with Crippen molar-refractivity contribution >= 4 is 11.3 Å². The molecule has 3 N–H and O–H groups in total. The van der Waals surface area contributed by atoms with E-state index in [1.165, 1.54) is 6.20 Å². The topological polar surface area (TPSA) is 133 Å². The number of aliphatic hydroxyl groups excluding tert-OH is 1. The smallest absolute Gasteiger partial charge is 0.216 e. The number of furan rings is 1. The van der Waals surface area contributed by atoms with Gasteiger partial charge < -0.3 is 19.6 Å². The van der Waals surface area contributed by atoms with Gasteiger partial charge in [-0.05, 0) is 29.5 Å². The van der Waals surface area contributed by atoms with E-state index in [0.717, 1.165) is 5.56 Å². The van der Waals surface area contributed by atoms with Crippen molar-refractivity contribution in [3.63, 3.8) is 0 Å². The van der Waals surface area contributed by atoms with Crippen molar-refractivity contribution in [2.75, 3.05) is 12.4 Å². The van der Waals surface area contributed by atoms with E-state index in [4.69, 9.17) is 19.5 Å². The summed E-state index contributed by atoms with van der Waals surface area (Å²) in [7, 11) is 1.55. The number of allylic oxidation sites excluding steroid dienone is 1. The molecule has 3 rings (SSSR count). The summed E-state index contributed by atoms with van der Waals surface area (Å²) < 4.78 is 10.9. The first-order valence-electron chi connectivity index (χ1n) is 7.23. The van der Waals surface area contributed by atoms with Gasteiger partial charge in [-0.2, -0.15) is 10.5 Å². The SMILES string of the molecule is COc1cc(NC=C(C#N)c2nn[nH]n2)ccc1-c1ccc(CO)o1. The molecule has 0 fully saturated rings. The Morgan fingerprint density at radius 3 is 2.96 bits per heavy atom. The molecule has 0 saturated carbocycles. The highest BCUT2D eigenvalue weighted by Crippen LogP contribution is 2.33. The minimum absolute atomic E-state index is 0.167. The van der Waals surface area contributed by atoms with Crippen molar-refractivity contribution in [3.05, 3.63) is 48.1 Å². The van der Waals surface area contributed by atoms with E-state index >= 15 is 0 Å². The quantitative estimate of drug-likeness (QED) is 0.581. The first-order valence-corrected chi connectivity index (χ1v) is 7.23. The van der Waals surface area contributed by atoms with Crippen LogP contribution in [0.15, 0.2) is 40.9 Å². The summed E-state index contributed by atoms with van der Waals surface area (Å²) in [5.74, 6) is 1.84. The molecule has 0 atom stereocenters. The van der Waals surface area contributed by atoms with E-state index < -0.39 is 0 Å². The van der Waals surface area contributed by atoms with Crippen molar-refractivity contribution in [3.8, 4) is 23.1 Å². The first-order chi connectivity index (χ1) is 12.2. The highest BCUT2D eigenvalue weighted by molar-refractivity contribution is 5.75. The van der Waals surface area contributed by atoms with Crippen LogP contribution in [0.5, 0.6) is 5.75 Å². The highest BCUT2D eigenvalue weighted by atomic mass is 16.5. The van der Waals surface area contributed by atoms with E-state index in [1.807, 2.05) is 12.1 Å². The molecule has 25 heavy (non-hydrogen) atoms. The van der Waals surface area contributed by atoms with Crippen molar-refractivity contribution in [1.82, 2.24) is 20.6 Å². The first kappa shape index (κ1) is 16.2. The van der Waals surface area contributed by atoms with Crippen LogP contribution in [0.3, 0.4) is 0 Å². The number of hydrogen-bond acceptors (Lipinski definition) is 8. The maximum absolute atomic E-state index is 9.16. The van der Waals surface area contributed by atoms with Gasteiger partial charge in [0.15, 0.2) is 0 Å². The molecule has 126 valence electrons. The predicted octanol–water partition coefficient (Wildman–Crippen LogP) is 1.94. The minimum Gasteiger partial charge on any atom is -0.496 e. The second-order valence-corrected chi connectivity index (χ2v) is 4.89. The van der Waals surface area contributed by atoms with E-state index in [1.54, 1.807) is 31.4 Å². The second kappa shape index (κ2) is 7.29. The zero-order valence-electron chi connectivity index (χ0n) is 13.2. The minimum atomic E-state index is -0.167. The van der Waals surface area contributed by atoms with Crippen LogP contribution in [0.25, 0.3) is 16.9 Å². The van der Waals surface area contributed by atoms with Gasteiger partial charge in [-0.15, -0.1) is 10.2 Å². The number of tetrazole rings is 1. The number of hydrogen-bond donors (Lipinski definition) is 3. The maximum atomic E-state index is 9.16. The van der Waals surface area contributed by atoms with Crippen molar-refractivity contribution in [1.29, 1.82) is 5.26 Å². The third-order valence-electron chi connectivity index (χ3n) is 3.37. The fraction of sp³-hybridized carbons (Fsp3) is 0.125. The molecule has 1 aromatic carbocycles. The molecular formula is C16H14N6O3. The summed E-state index contributed by atoms with van der Waals surface area (Å²) in [4.78, 5) is 0. The Labute approximate surface area is 142 Å². The molecule has 0 unspecified atom stereocenters. The largest absolute Gasteiger partial charge is 0.496 e. The van der Waals surface area contributed by atoms with Crippen LogP contribution < -0.4 is 10.1 Å². The Morgan fingerprint density at radius 2 is 2.32 bits per heavy atom. The lowest BCUT2D eigenvalue weighted by atomic mass is 10.1. The van der Waals surface area contributed by atoms with Crippen LogP contribution in [0.4, 0.5) is 5.69 Å². The fourth-order valence-corrected chi connectivity index (χ4v) is 2.17. The molecule has 0 amide bonds. The number of rotatable bonds is 6. The van der Waals surface area contributed by atoms with Crippen LogP contribution in [-0.4, -0.2) is 32.8 Å². The number of nitrogens with one attached hydrogen (secondary N) is 2. The lowest BCUT2D eigenvalue weighted by Crippen LogP contribution is -1.94. The van der Waals surface area contributed by atoms with Gasteiger partial charge >= 0.3 is 0 Å². The standard InChI is InChI=1S/C16H14N6O3/c1-24-15-6-11(18-8-10(7-17)16-19-21-22-20-16)2-4-13(15)14-5-3-12(9-23)25-14/h2-6,8,18,23H,9H2,1H3,(H,19,20,21,22). The molecule has 9 heteroatoms. The zero-order valence-corrected chi connectivity index (χ0v) is 13.2. The van der Waals surface area contributed by atoms with E-state index in [9.17, 15) is 0 Å². The molecule has 2 aromatic heterocycles. The lowest BCUT2D eigenvalue weighted by Gasteiger charge is -2.09. The fourth-order valence-electron chi connectivity index (χ4n) is 2.17. The lowest BCUT2D eigenvalue weighted by molar-refractivity contribution is 0.248. The average Bonchev–Trinajstić information content (AvgIpc) is 3.34. The number of aromatic amines is 1. The molecule has 2 heterocycles. The molecule has 0 aliphatic heterocycles. The third kappa shape index (κ3) is 3.49. The second-order valence-electron chi connectivity index (χ2n) is 4.89. The zero-order chi connectivity index (χ0) is 17.6. The van der Waals surface area contributed by atoms with Gasteiger partial charge in [0, 0.05) is 18.0 Å². The third-order valence-corrected chi connectivity index (χ3v) is 3.37. The molecule has 0 aliphatic carbocycles. The maximum Gasteiger partial charge on any atom is 0.216 e. The van der Waals surface area contributed by atoms with Gasteiger partial charge in [0.1, 0.15) is 35.5 Å². The number of methoxy groups -OCH3 is 1. The van der Waals surface area contributed by atoms with Crippen LogP contribution >= 0.6 is 0 Å². The van der Waals surface area contributed by atoms with Gasteiger partial charge in [-0.1, -0.05) is 0 Å². The van der Waals surface area contributed by atoms with E-state index in [2.05, 4.69) is 25.9 Å². The Kier molecular flexibility index (Phi) is 4.73. The van der Waals surface area contributed by atoms with Crippen LogP contribution in [0.2, 0.25) is 0 Å². The molecule has 0 bridgehead atoms. The Bertz CT molecular complexity index is 924. The van der Waals surface area contributed by atoms with Gasteiger partial charge in [-0.25, -0.2) is 0 Å². The van der Waals surface area contributed by atoms with Gasteiger partial charge in [0.05, 0.1) is 12.7 Å². The van der Waals surface area contributed by atoms with Gasteiger partial charge in [0.25, 0.3) is 0 Å². The Hall–Kier alpha value is -3.64. The Morgan fingerprint density at radius 1 is 1.44 bits per heavy atom. The average molecular weight is 338 g/mol. The predicted molar refractivity (Wildman–Crippen MR) is 88.0 cm³/mol. The number of nitrogens with zero attached hydrogens (tertiary/aromatic N) is 4. The van der Waals surface area contributed by atoms with Crippen molar-refractivity contribution < 1.29 is 14.3 Å². The molecule has 0 aliphatic rings. The Balaban J connectivity index is 1.85. The van der Waals surface area contributed by atoms with Gasteiger partial charge in [0.2, 0.25) is 5.82 Å². The molecule has 3 aromatic rings. The summed E-state index contributed by atoms with van der Waals surface area (Å²) in [6.45, 7) is -0.167. The van der Waals surface area contributed by atoms with Crippen LogP contribution in [0.1, 0.15) is 11.6 Å². The van der Waals surface area contributed by atoms with Crippen LogP contribution in [-0.2, 0) is 6.61 Å². The number of anilines is 1. The summed E-state index contributed by atoms with van der Waals surface area (Å²) >= 11 is 0. The summed E-state index contributed by atoms with van der Waals surface area (Å²) in [6.07, 6.45) is 1.48. The van der Waals surface area contributed by atoms with Gasteiger partial charge in [-0.3, -0.25) is 0 Å². The molecule has 0 saturated heterocycles. The molecule has 0 spiro atoms. The number of nitriles is 1. The van der Waals surface area contributed by atoms with E-state index in [-0.39, 0.29) is 18.0 Å². The number of aliphatic hydroxyl groups is 1. The number of ether oxygens (including phenoxy) is 1. The summed E-state index contributed by atoms with van der Waals surface area (Å²) in [6, 6.07) is 10.8. The van der Waals surface area contributed by atoms with Crippen LogP contribution in [0, 0.1) is 11.3 Å². The normalized spacial score (nSPS) is 11.2. The monoisotopic (exact) mass is 338 g/mol. The molecular weight excluding hydrogens is 324 g/mol. The molecule has 0 radical (unpaired) electrons. The summed E-state index contributed by atoms with van der Waals surface area (Å²) in [5.41, 5.74) is 1.68. The highest BCUT2D eigenvalue weighted by Gasteiger charge is 2.11. The van der Waals surface area contributed by atoms with Crippen molar-refractivity contribution in [2.24, 2.45) is 0 Å². The number of aromatic nitrogens is 4. The van der Waals surface area contributed by atoms with E-state index in [0.29, 0.717) is 23.0 Å². The number of benzene rings is 1.